The number of sulfone groups is 1. The summed E-state index contributed by atoms with van der Waals surface area (Å²) in [6.45, 7) is 1.25. The highest BCUT2D eigenvalue weighted by molar-refractivity contribution is 7.90. The Hall–Kier alpha value is -3.08. The number of likely N-dealkylation sites (N-methyl/N-ethyl adjacent to an activating group) is 1. The molecule has 8 nitrogen and oxygen atoms in total. The lowest BCUT2D eigenvalue weighted by molar-refractivity contribution is 0.0958. The average molecular weight is 456 g/mol. The molecule has 0 fully saturated rings. The van der Waals surface area contributed by atoms with Gasteiger partial charge in [-0.15, -0.1) is 11.3 Å². The summed E-state index contributed by atoms with van der Waals surface area (Å²) in [5, 5.41) is 10.7. The van der Waals surface area contributed by atoms with Gasteiger partial charge in [-0.1, -0.05) is 6.07 Å². The Kier molecular flexibility index (Phi) is 5.86. The van der Waals surface area contributed by atoms with Crippen LogP contribution in [0.2, 0.25) is 0 Å². The Bertz CT molecular complexity index is 1380. The molecule has 10 heteroatoms. The van der Waals surface area contributed by atoms with Crippen molar-refractivity contribution in [3.63, 3.8) is 0 Å². The number of carbonyl (C=O) groups is 1. The van der Waals surface area contributed by atoms with Gasteiger partial charge in [0, 0.05) is 46.7 Å². The molecule has 0 spiro atoms. The summed E-state index contributed by atoms with van der Waals surface area (Å²) in [6.07, 6.45) is 2.87. The molecular formula is C21H21N5O3S2. The van der Waals surface area contributed by atoms with E-state index >= 15 is 0 Å². The van der Waals surface area contributed by atoms with Gasteiger partial charge in [-0.2, -0.15) is 0 Å². The highest BCUT2D eigenvalue weighted by Crippen LogP contribution is 2.31. The standard InChI is InChI=1S/C21H21N5O3S2/c1-22-8-9-23-20(27)18-11-16-17(30-18)7-6-13-12-24-21(26-19(13)16)25-14-4-3-5-15(10-14)31(2,28)29/h3-7,10-12,22H,8-9H2,1-2H3,(H,23,27)(H,24,25,26). The molecule has 2 aromatic heterocycles. The number of nitrogens with one attached hydrogen (secondary N) is 3. The molecule has 0 aliphatic rings. The van der Waals surface area contributed by atoms with Gasteiger partial charge in [0.1, 0.15) is 0 Å². The minimum Gasteiger partial charge on any atom is -0.350 e. The fraction of sp³-hybridized carbons (Fsp3) is 0.190. The van der Waals surface area contributed by atoms with Crippen molar-refractivity contribution in [2.24, 2.45) is 0 Å². The molecule has 160 valence electrons. The average Bonchev–Trinajstić information content (AvgIpc) is 3.18. The molecule has 4 aromatic rings. The van der Waals surface area contributed by atoms with Crippen molar-refractivity contribution in [2.45, 2.75) is 4.90 Å². The van der Waals surface area contributed by atoms with Crippen LogP contribution in [-0.2, 0) is 9.84 Å². The van der Waals surface area contributed by atoms with E-state index in [1.54, 1.807) is 30.5 Å². The molecule has 1 amide bonds. The third-order valence-electron chi connectivity index (χ3n) is 4.65. The molecule has 0 bridgehead atoms. The minimum absolute atomic E-state index is 0.116. The summed E-state index contributed by atoms with van der Waals surface area (Å²) in [7, 11) is -1.48. The van der Waals surface area contributed by atoms with Gasteiger partial charge in [-0.05, 0) is 43.4 Å². The van der Waals surface area contributed by atoms with Crippen LogP contribution in [0.3, 0.4) is 0 Å². The third kappa shape index (κ3) is 4.66. The van der Waals surface area contributed by atoms with Gasteiger partial charge in [-0.25, -0.2) is 18.4 Å². The van der Waals surface area contributed by atoms with E-state index in [9.17, 15) is 13.2 Å². The number of amides is 1. The van der Waals surface area contributed by atoms with E-state index in [4.69, 9.17) is 0 Å². The Morgan fingerprint density at radius 1 is 1.13 bits per heavy atom. The molecule has 0 aliphatic heterocycles. The Morgan fingerprint density at radius 3 is 2.74 bits per heavy atom. The molecule has 0 radical (unpaired) electrons. The maximum absolute atomic E-state index is 12.4. The van der Waals surface area contributed by atoms with Gasteiger partial charge in [0.15, 0.2) is 9.84 Å². The van der Waals surface area contributed by atoms with Crippen molar-refractivity contribution in [1.29, 1.82) is 0 Å². The monoisotopic (exact) mass is 455 g/mol. The Morgan fingerprint density at radius 2 is 1.97 bits per heavy atom. The van der Waals surface area contributed by atoms with E-state index in [1.165, 1.54) is 17.6 Å². The smallest absolute Gasteiger partial charge is 0.261 e. The van der Waals surface area contributed by atoms with Gasteiger partial charge in [0.25, 0.3) is 5.91 Å². The zero-order valence-electron chi connectivity index (χ0n) is 17.0. The van der Waals surface area contributed by atoms with Crippen molar-refractivity contribution < 1.29 is 13.2 Å². The molecule has 2 aromatic carbocycles. The molecule has 0 aliphatic carbocycles. The number of hydrogen-bond donors (Lipinski definition) is 3. The predicted octanol–water partition coefficient (Wildman–Crippen LogP) is 2.94. The van der Waals surface area contributed by atoms with E-state index in [2.05, 4.69) is 25.9 Å². The molecule has 0 atom stereocenters. The van der Waals surface area contributed by atoms with Gasteiger partial charge in [-0.3, -0.25) is 4.79 Å². The first kappa shape index (κ1) is 21.2. The Balaban J connectivity index is 1.68. The number of benzene rings is 2. The van der Waals surface area contributed by atoms with Gasteiger partial charge in [0.05, 0.1) is 15.3 Å². The number of rotatable bonds is 7. The number of fused-ring (bicyclic) bond motifs is 3. The highest BCUT2D eigenvalue weighted by Gasteiger charge is 2.14. The SMILES string of the molecule is CNCCNC(=O)c1cc2c(ccc3cnc(Nc4cccc(S(C)(=O)=O)c4)nc32)s1. The largest absolute Gasteiger partial charge is 0.350 e. The molecule has 3 N–H and O–H groups in total. The third-order valence-corrected chi connectivity index (χ3v) is 6.86. The zero-order valence-corrected chi connectivity index (χ0v) is 18.6. The predicted molar refractivity (Wildman–Crippen MR) is 124 cm³/mol. The number of aromatic nitrogens is 2. The maximum Gasteiger partial charge on any atom is 0.261 e. The fourth-order valence-electron chi connectivity index (χ4n) is 3.10. The van der Waals surface area contributed by atoms with Crippen LogP contribution in [0.15, 0.2) is 53.6 Å². The lowest BCUT2D eigenvalue weighted by Crippen LogP contribution is -2.29. The number of anilines is 2. The van der Waals surface area contributed by atoms with Crippen molar-refractivity contribution in [1.82, 2.24) is 20.6 Å². The fourth-order valence-corrected chi connectivity index (χ4v) is 4.75. The van der Waals surface area contributed by atoms with Crippen LogP contribution in [-0.4, -0.2) is 50.7 Å². The molecular weight excluding hydrogens is 434 g/mol. The lowest BCUT2D eigenvalue weighted by Gasteiger charge is -2.07. The van der Waals surface area contributed by atoms with Crippen molar-refractivity contribution in [3.8, 4) is 0 Å². The first-order valence-electron chi connectivity index (χ1n) is 9.54. The van der Waals surface area contributed by atoms with E-state index in [-0.39, 0.29) is 10.8 Å². The second-order valence-electron chi connectivity index (χ2n) is 7.00. The van der Waals surface area contributed by atoms with Gasteiger partial charge >= 0.3 is 0 Å². The van der Waals surface area contributed by atoms with Crippen LogP contribution in [0.1, 0.15) is 9.67 Å². The minimum atomic E-state index is -3.32. The summed E-state index contributed by atoms with van der Waals surface area (Å²) in [5.74, 6) is 0.228. The van der Waals surface area contributed by atoms with Crippen LogP contribution >= 0.6 is 11.3 Å². The van der Waals surface area contributed by atoms with Crippen molar-refractivity contribution in [2.75, 3.05) is 31.7 Å². The van der Waals surface area contributed by atoms with Gasteiger partial charge < -0.3 is 16.0 Å². The number of carbonyl (C=O) groups excluding carboxylic acids is 1. The summed E-state index contributed by atoms with van der Waals surface area (Å²) in [5.41, 5.74) is 1.30. The topological polar surface area (TPSA) is 113 Å². The first-order chi connectivity index (χ1) is 14.8. The molecule has 0 saturated heterocycles. The zero-order chi connectivity index (χ0) is 22.0. The van der Waals surface area contributed by atoms with Crippen LogP contribution in [0.25, 0.3) is 21.0 Å². The van der Waals surface area contributed by atoms with Crippen LogP contribution < -0.4 is 16.0 Å². The van der Waals surface area contributed by atoms with Crippen LogP contribution in [0.4, 0.5) is 11.6 Å². The molecule has 0 unspecified atom stereocenters. The normalized spacial score (nSPS) is 11.7. The van der Waals surface area contributed by atoms with E-state index in [1.807, 2.05) is 25.2 Å². The number of hydrogen-bond acceptors (Lipinski definition) is 8. The van der Waals surface area contributed by atoms with E-state index in [0.29, 0.717) is 29.6 Å². The quantitative estimate of drug-likeness (QED) is 0.367. The maximum atomic E-state index is 12.4. The van der Waals surface area contributed by atoms with E-state index < -0.39 is 9.84 Å². The highest BCUT2D eigenvalue weighted by atomic mass is 32.2. The number of thiophene rings is 1. The number of nitrogens with zero attached hydrogens (tertiary/aromatic N) is 2. The summed E-state index contributed by atoms with van der Waals surface area (Å²) < 4.78 is 24.6. The molecule has 31 heavy (non-hydrogen) atoms. The summed E-state index contributed by atoms with van der Waals surface area (Å²) in [4.78, 5) is 22.2. The van der Waals surface area contributed by atoms with Crippen LogP contribution in [0, 0.1) is 0 Å². The second kappa shape index (κ2) is 8.58. The molecule has 4 rings (SSSR count). The summed E-state index contributed by atoms with van der Waals surface area (Å²) >= 11 is 1.41. The van der Waals surface area contributed by atoms with Crippen molar-refractivity contribution in [3.05, 3.63) is 53.5 Å². The molecule has 2 heterocycles. The Labute approximate surface area is 183 Å². The van der Waals surface area contributed by atoms with Gasteiger partial charge in [0.2, 0.25) is 5.95 Å². The van der Waals surface area contributed by atoms with E-state index in [0.717, 1.165) is 21.0 Å². The molecule has 0 saturated carbocycles. The first-order valence-corrected chi connectivity index (χ1v) is 12.3. The summed E-state index contributed by atoms with van der Waals surface area (Å²) in [6, 6.07) is 12.2. The second-order valence-corrected chi connectivity index (χ2v) is 10.1. The lowest BCUT2D eigenvalue weighted by atomic mass is 10.2. The van der Waals surface area contributed by atoms with Crippen molar-refractivity contribution >= 4 is 59.7 Å². The van der Waals surface area contributed by atoms with Crippen LogP contribution in [0.5, 0.6) is 0 Å².